The van der Waals surface area contributed by atoms with E-state index in [2.05, 4.69) is 13.0 Å². The standard InChI is InChI=1S/C17H16ClNO.C2H6/c1-2-12-8-14-11-19(10-13-6-4-3-5-7-13)17(20)16(14)15(18)9-12;1-2/h3-9H,2,10-11H2,1H3;1-2H3. The summed E-state index contributed by atoms with van der Waals surface area (Å²) in [5.74, 6) is 0.0384. The fourth-order valence-corrected chi connectivity index (χ4v) is 3.00. The van der Waals surface area contributed by atoms with Crippen LogP contribution in [0.3, 0.4) is 0 Å². The minimum Gasteiger partial charge on any atom is -0.330 e. The van der Waals surface area contributed by atoms with Crippen LogP contribution in [0, 0.1) is 0 Å². The Morgan fingerprint density at radius 1 is 1.09 bits per heavy atom. The lowest BCUT2D eigenvalue weighted by atomic mass is 10.0. The van der Waals surface area contributed by atoms with Crippen LogP contribution >= 0.6 is 11.6 Å². The van der Waals surface area contributed by atoms with Gasteiger partial charge in [0.2, 0.25) is 0 Å². The largest absolute Gasteiger partial charge is 0.330 e. The van der Waals surface area contributed by atoms with E-state index in [-0.39, 0.29) is 5.91 Å². The number of carbonyl (C=O) groups is 1. The lowest BCUT2D eigenvalue weighted by molar-refractivity contribution is 0.0767. The first-order chi connectivity index (χ1) is 10.7. The fraction of sp³-hybridized carbons (Fsp3) is 0.316. The third kappa shape index (κ3) is 3.33. The molecule has 0 atom stereocenters. The van der Waals surface area contributed by atoms with E-state index >= 15 is 0 Å². The summed E-state index contributed by atoms with van der Waals surface area (Å²) >= 11 is 6.27. The minimum atomic E-state index is 0.0384. The Bertz CT molecular complexity index is 652. The van der Waals surface area contributed by atoms with Gasteiger partial charge >= 0.3 is 0 Å². The van der Waals surface area contributed by atoms with Gasteiger partial charge in [0.25, 0.3) is 5.91 Å². The molecule has 3 rings (SSSR count). The number of amides is 1. The van der Waals surface area contributed by atoms with E-state index in [1.165, 1.54) is 5.56 Å². The first-order valence-electron chi connectivity index (χ1n) is 7.83. The molecule has 1 heterocycles. The third-order valence-corrected chi connectivity index (χ3v) is 4.02. The van der Waals surface area contributed by atoms with E-state index in [4.69, 9.17) is 11.6 Å². The monoisotopic (exact) mass is 315 g/mol. The van der Waals surface area contributed by atoms with E-state index < -0.39 is 0 Å². The minimum absolute atomic E-state index is 0.0384. The molecular weight excluding hydrogens is 294 g/mol. The number of hydrogen-bond donors (Lipinski definition) is 0. The van der Waals surface area contributed by atoms with Gasteiger partial charge in [-0.15, -0.1) is 0 Å². The van der Waals surface area contributed by atoms with Crippen molar-refractivity contribution in [2.45, 2.75) is 40.3 Å². The second-order valence-corrected chi connectivity index (χ2v) is 5.52. The molecule has 2 aromatic rings. The molecule has 0 saturated heterocycles. The summed E-state index contributed by atoms with van der Waals surface area (Å²) in [6, 6.07) is 14.0. The normalized spacial score (nSPS) is 12.7. The Hall–Kier alpha value is -1.80. The van der Waals surface area contributed by atoms with Crippen molar-refractivity contribution in [3.63, 3.8) is 0 Å². The van der Waals surface area contributed by atoms with Crippen LogP contribution in [0.15, 0.2) is 42.5 Å². The van der Waals surface area contributed by atoms with Crippen molar-refractivity contribution in [3.8, 4) is 0 Å². The van der Waals surface area contributed by atoms with Crippen LogP contribution in [0.2, 0.25) is 5.02 Å². The summed E-state index contributed by atoms with van der Waals surface area (Å²) in [6.45, 7) is 7.37. The van der Waals surface area contributed by atoms with Gasteiger partial charge in [-0.2, -0.15) is 0 Å². The van der Waals surface area contributed by atoms with Crippen molar-refractivity contribution < 1.29 is 4.79 Å². The summed E-state index contributed by atoms with van der Waals surface area (Å²) in [5.41, 5.74) is 4.05. The van der Waals surface area contributed by atoms with Gasteiger partial charge in [-0.1, -0.05) is 68.8 Å². The fourth-order valence-electron chi connectivity index (χ4n) is 2.66. The molecule has 2 nitrogen and oxygen atoms in total. The highest BCUT2D eigenvalue weighted by molar-refractivity contribution is 6.34. The predicted octanol–water partition coefficient (Wildman–Crippen LogP) is 5.08. The number of benzene rings is 2. The van der Waals surface area contributed by atoms with E-state index in [1.54, 1.807) is 0 Å². The molecule has 0 aliphatic carbocycles. The first kappa shape index (κ1) is 16.6. The second kappa shape index (κ2) is 7.46. The number of carbonyl (C=O) groups excluding carboxylic acids is 1. The molecule has 0 N–H and O–H groups in total. The first-order valence-corrected chi connectivity index (χ1v) is 8.21. The van der Waals surface area contributed by atoms with Crippen LogP contribution in [0.25, 0.3) is 0 Å². The molecule has 3 heteroatoms. The maximum absolute atomic E-state index is 12.5. The summed E-state index contributed by atoms with van der Waals surface area (Å²) in [4.78, 5) is 14.3. The quantitative estimate of drug-likeness (QED) is 0.773. The van der Waals surface area contributed by atoms with E-state index in [9.17, 15) is 4.79 Å². The Morgan fingerprint density at radius 2 is 1.77 bits per heavy atom. The zero-order valence-electron chi connectivity index (χ0n) is 13.4. The molecule has 0 spiro atoms. The second-order valence-electron chi connectivity index (χ2n) is 5.11. The molecule has 1 aliphatic rings. The molecule has 1 aliphatic heterocycles. The maximum Gasteiger partial charge on any atom is 0.256 e. The lowest BCUT2D eigenvalue weighted by Gasteiger charge is -2.15. The van der Waals surface area contributed by atoms with Crippen LogP contribution < -0.4 is 0 Å². The zero-order chi connectivity index (χ0) is 16.1. The number of halogens is 1. The SMILES string of the molecule is CC.CCc1cc(Cl)c2c(c1)CN(Cc1ccccc1)C2=O. The van der Waals surface area contributed by atoms with Crippen LogP contribution in [0.4, 0.5) is 0 Å². The predicted molar refractivity (Wildman–Crippen MR) is 92.2 cm³/mol. The van der Waals surface area contributed by atoms with Gasteiger partial charge < -0.3 is 4.90 Å². The molecule has 0 saturated carbocycles. The van der Waals surface area contributed by atoms with Gasteiger partial charge in [0, 0.05) is 13.1 Å². The van der Waals surface area contributed by atoms with E-state index in [0.29, 0.717) is 23.7 Å². The smallest absolute Gasteiger partial charge is 0.256 e. The van der Waals surface area contributed by atoms with Gasteiger partial charge in [-0.05, 0) is 29.2 Å². The molecular formula is C19H22ClNO. The van der Waals surface area contributed by atoms with Crippen molar-refractivity contribution in [2.24, 2.45) is 0 Å². The maximum atomic E-state index is 12.5. The van der Waals surface area contributed by atoms with Crippen molar-refractivity contribution in [3.05, 3.63) is 69.7 Å². The number of rotatable bonds is 3. The highest BCUT2D eigenvalue weighted by Crippen LogP contribution is 2.31. The topological polar surface area (TPSA) is 20.3 Å². The van der Waals surface area contributed by atoms with Crippen molar-refractivity contribution in [2.75, 3.05) is 0 Å². The Labute approximate surface area is 137 Å². The Balaban J connectivity index is 0.000000847. The molecule has 0 radical (unpaired) electrons. The molecule has 0 aromatic heterocycles. The van der Waals surface area contributed by atoms with Gasteiger partial charge in [0.1, 0.15) is 0 Å². The summed E-state index contributed by atoms with van der Waals surface area (Å²) < 4.78 is 0. The summed E-state index contributed by atoms with van der Waals surface area (Å²) in [6.07, 6.45) is 0.930. The van der Waals surface area contributed by atoms with Crippen molar-refractivity contribution in [1.82, 2.24) is 4.90 Å². The van der Waals surface area contributed by atoms with E-state index in [1.807, 2.05) is 55.1 Å². The summed E-state index contributed by atoms with van der Waals surface area (Å²) in [7, 11) is 0. The molecule has 22 heavy (non-hydrogen) atoms. The number of aryl methyl sites for hydroxylation is 1. The number of hydrogen-bond acceptors (Lipinski definition) is 1. The average molecular weight is 316 g/mol. The molecule has 2 aromatic carbocycles. The molecule has 0 bridgehead atoms. The lowest BCUT2D eigenvalue weighted by Crippen LogP contribution is -2.23. The van der Waals surface area contributed by atoms with Gasteiger partial charge in [0.05, 0.1) is 10.6 Å². The molecule has 116 valence electrons. The molecule has 0 fully saturated rings. The highest BCUT2D eigenvalue weighted by atomic mass is 35.5. The van der Waals surface area contributed by atoms with Crippen LogP contribution in [0.1, 0.15) is 47.8 Å². The Morgan fingerprint density at radius 3 is 2.41 bits per heavy atom. The Kier molecular flexibility index (Phi) is 5.62. The van der Waals surface area contributed by atoms with Gasteiger partial charge in [-0.25, -0.2) is 0 Å². The van der Waals surface area contributed by atoms with Crippen molar-refractivity contribution >= 4 is 17.5 Å². The number of fused-ring (bicyclic) bond motifs is 1. The zero-order valence-corrected chi connectivity index (χ0v) is 14.2. The van der Waals surface area contributed by atoms with Crippen LogP contribution in [0.5, 0.6) is 0 Å². The van der Waals surface area contributed by atoms with Gasteiger partial charge in [-0.3, -0.25) is 4.79 Å². The van der Waals surface area contributed by atoms with Gasteiger partial charge in [0.15, 0.2) is 0 Å². The van der Waals surface area contributed by atoms with Crippen molar-refractivity contribution in [1.29, 1.82) is 0 Å². The van der Waals surface area contributed by atoms with Crippen LogP contribution in [-0.2, 0) is 19.5 Å². The molecule has 1 amide bonds. The molecule has 0 unspecified atom stereocenters. The third-order valence-electron chi connectivity index (χ3n) is 3.72. The van der Waals surface area contributed by atoms with E-state index in [0.717, 1.165) is 17.5 Å². The summed E-state index contributed by atoms with van der Waals surface area (Å²) in [5, 5.41) is 0.583. The highest BCUT2D eigenvalue weighted by Gasteiger charge is 2.29. The number of nitrogens with zero attached hydrogens (tertiary/aromatic N) is 1. The average Bonchev–Trinajstić information content (AvgIpc) is 2.86. The van der Waals surface area contributed by atoms with Crippen LogP contribution in [-0.4, -0.2) is 10.8 Å².